The molecule has 1 aromatic rings. The maximum Gasteiger partial charge on any atom is 0.328 e. The standard InChI is InChI=1S/C17H26O5Si/c1-17(2,3)23(6,7)22-16-13(20-4)10-12(8-9-15(18)19)11-14(16)21-5/h8-11H,1-7H3,(H,18,19). The van der Waals surface area contributed by atoms with E-state index in [9.17, 15) is 4.79 Å². The molecule has 0 saturated carbocycles. The Hall–Kier alpha value is -1.95. The van der Waals surface area contributed by atoms with Gasteiger partial charge in [-0.3, -0.25) is 0 Å². The van der Waals surface area contributed by atoms with E-state index in [0.29, 0.717) is 22.8 Å². The number of methoxy groups -OCH3 is 2. The third kappa shape index (κ3) is 4.76. The molecule has 1 aromatic carbocycles. The van der Waals surface area contributed by atoms with Crippen LogP contribution in [0.15, 0.2) is 18.2 Å². The number of hydrogen-bond acceptors (Lipinski definition) is 4. The van der Waals surface area contributed by atoms with Crippen molar-refractivity contribution in [1.29, 1.82) is 0 Å². The zero-order valence-corrected chi connectivity index (χ0v) is 15.9. The lowest BCUT2D eigenvalue weighted by Crippen LogP contribution is -2.44. The topological polar surface area (TPSA) is 65.0 Å². The Morgan fingerprint density at radius 3 is 1.96 bits per heavy atom. The van der Waals surface area contributed by atoms with Gasteiger partial charge in [0.25, 0.3) is 8.32 Å². The molecule has 0 aliphatic rings. The van der Waals surface area contributed by atoms with E-state index in [1.165, 1.54) is 6.08 Å². The van der Waals surface area contributed by atoms with Gasteiger partial charge in [-0.25, -0.2) is 4.79 Å². The molecule has 0 atom stereocenters. The van der Waals surface area contributed by atoms with Crippen molar-refractivity contribution >= 4 is 20.4 Å². The van der Waals surface area contributed by atoms with Crippen LogP contribution in [0.2, 0.25) is 18.1 Å². The monoisotopic (exact) mass is 338 g/mol. The summed E-state index contributed by atoms with van der Waals surface area (Å²) < 4.78 is 17.2. The number of carbonyl (C=O) groups is 1. The number of carboxylic acids is 1. The molecule has 0 unspecified atom stereocenters. The molecular formula is C17H26O5Si. The summed E-state index contributed by atoms with van der Waals surface area (Å²) in [6.07, 6.45) is 2.56. The minimum absolute atomic E-state index is 0.0326. The number of aliphatic carboxylic acids is 1. The molecule has 5 nitrogen and oxygen atoms in total. The van der Waals surface area contributed by atoms with Crippen LogP contribution in [-0.4, -0.2) is 33.6 Å². The van der Waals surface area contributed by atoms with Gasteiger partial charge in [-0.15, -0.1) is 0 Å². The smallest absolute Gasteiger partial charge is 0.328 e. The van der Waals surface area contributed by atoms with Crippen molar-refractivity contribution in [2.24, 2.45) is 0 Å². The van der Waals surface area contributed by atoms with Gasteiger partial charge in [0.2, 0.25) is 0 Å². The number of carboxylic acid groups (broad SMARTS) is 1. The van der Waals surface area contributed by atoms with Gasteiger partial charge in [0.05, 0.1) is 14.2 Å². The van der Waals surface area contributed by atoms with Crippen molar-refractivity contribution in [1.82, 2.24) is 0 Å². The van der Waals surface area contributed by atoms with E-state index in [0.717, 1.165) is 6.08 Å². The highest BCUT2D eigenvalue weighted by Crippen LogP contribution is 2.45. The number of ether oxygens (including phenoxy) is 2. The molecule has 0 bridgehead atoms. The van der Waals surface area contributed by atoms with E-state index < -0.39 is 14.3 Å². The normalized spacial score (nSPS) is 12.3. The highest BCUT2D eigenvalue weighted by molar-refractivity contribution is 6.74. The summed E-state index contributed by atoms with van der Waals surface area (Å²) in [6, 6.07) is 3.48. The lowest BCUT2D eigenvalue weighted by atomic mass is 10.1. The third-order valence-corrected chi connectivity index (χ3v) is 8.39. The average Bonchev–Trinajstić information content (AvgIpc) is 2.44. The largest absolute Gasteiger partial charge is 0.539 e. The van der Waals surface area contributed by atoms with E-state index in [1.54, 1.807) is 26.4 Å². The second-order valence-electron chi connectivity index (χ2n) is 6.79. The van der Waals surface area contributed by atoms with Crippen LogP contribution in [0.1, 0.15) is 26.3 Å². The van der Waals surface area contributed by atoms with Crippen molar-refractivity contribution < 1.29 is 23.8 Å². The molecule has 1 rings (SSSR count). The minimum Gasteiger partial charge on any atom is -0.539 e. The molecule has 0 heterocycles. The number of hydrogen-bond donors (Lipinski definition) is 1. The fraction of sp³-hybridized carbons (Fsp3) is 0.471. The molecule has 0 saturated heterocycles. The molecular weight excluding hydrogens is 312 g/mol. The lowest BCUT2D eigenvalue weighted by molar-refractivity contribution is -0.131. The van der Waals surface area contributed by atoms with Crippen LogP contribution in [-0.2, 0) is 4.79 Å². The van der Waals surface area contributed by atoms with Gasteiger partial charge in [0, 0.05) is 6.08 Å². The van der Waals surface area contributed by atoms with E-state index in [1.807, 2.05) is 0 Å². The maximum absolute atomic E-state index is 10.7. The van der Waals surface area contributed by atoms with Gasteiger partial charge >= 0.3 is 5.97 Å². The molecule has 0 radical (unpaired) electrons. The summed E-state index contributed by atoms with van der Waals surface area (Å²) in [6.45, 7) is 10.8. The van der Waals surface area contributed by atoms with Crippen LogP contribution in [0.5, 0.6) is 17.2 Å². The first-order chi connectivity index (χ1) is 10.5. The molecule has 0 aliphatic heterocycles. The Kier molecular flexibility index (Phi) is 5.88. The highest BCUT2D eigenvalue weighted by Gasteiger charge is 2.40. The first-order valence-electron chi connectivity index (χ1n) is 7.38. The summed E-state index contributed by atoms with van der Waals surface area (Å²) in [7, 11) is 1.04. The van der Waals surface area contributed by atoms with E-state index in [2.05, 4.69) is 33.9 Å². The van der Waals surface area contributed by atoms with Crippen LogP contribution >= 0.6 is 0 Å². The Bertz CT molecular complexity index is 574. The Labute approximate surface area is 139 Å². The Balaban J connectivity index is 3.34. The summed E-state index contributed by atoms with van der Waals surface area (Å²) in [5, 5.41) is 8.79. The molecule has 0 aromatic heterocycles. The fourth-order valence-electron chi connectivity index (χ4n) is 1.67. The molecule has 0 spiro atoms. The van der Waals surface area contributed by atoms with E-state index in [-0.39, 0.29) is 5.04 Å². The highest BCUT2D eigenvalue weighted by atomic mass is 28.4. The Morgan fingerprint density at radius 1 is 1.13 bits per heavy atom. The van der Waals surface area contributed by atoms with Gasteiger partial charge in [-0.2, -0.15) is 0 Å². The van der Waals surface area contributed by atoms with Crippen molar-refractivity contribution in [2.45, 2.75) is 38.9 Å². The second-order valence-corrected chi connectivity index (χ2v) is 11.5. The molecule has 0 aliphatic carbocycles. The van der Waals surface area contributed by atoms with Crippen LogP contribution in [0.3, 0.4) is 0 Å². The first-order valence-corrected chi connectivity index (χ1v) is 10.3. The minimum atomic E-state index is -2.07. The molecule has 0 amide bonds. The molecule has 23 heavy (non-hydrogen) atoms. The van der Waals surface area contributed by atoms with Crippen molar-refractivity contribution in [3.63, 3.8) is 0 Å². The van der Waals surface area contributed by atoms with Gasteiger partial charge in [-0.05, 0) is 41.9 Å². The summed E-state index contributed by atoms with van der Waals surface area (Å²) in [5.41, 5.74) is 0.670. The van der Waals surface area contributed by atoms with Crippen LogP contribution in [0, 0.1) is 0 Å². The van der Waals surface area contributed by atoms with Crippen molar-refractivity contribution in [2.75, 3.05) is 14.2 Å². The van der Waals surface area contributed by atoms with E-state index in [4.69, 9.17) is 19.0 Å². The predicted octanol–water partition coefficient (Wildman–Crippen LogP) is 4.19. The zero-order valence-electron chi connectivity index (χ0n) is 14.9. The number of benzene rings is 1. The van der Waals surface area contributed by atoms with Crippen molar-refractivity contribution in [3.05, 3.63) is 23.8 Å². The SMILES string of the molecule is COc1cc(C=CC(=O)O)cc(OC)c1O[Si](C)(C)C(C)(C)C. The fourth-order valence-corrected chi connectivity index (χ4v) is 2.69. The quantitative estimate of drug-likeness (QED) is 0.622. The van der Waals surface area contributed by atoms with E-state index >= 15 is 0 Å². The first kappa shape index (κ1) is 19.1. The summed E-state index contributed by atoms with van der Waals surface area (Å²) in [4.78, 5) is 10.7. The Morgan fingerprint density at radius 2 is 1.61 bits per heavy atom. The maximum atomic E-state index is 10.7. The van der Waals surface area contributed by atoms with Crippen LogP contribution in [0.25, 0.3) is 6.08 Å². The number of rotatable bonds is 6. The average molecular weight is 338 g/mol. The molecule has 1 N–H and O–H groups in total. The third-order valence-electron chi connectivity index (χ3n) is 4.06. The molecule has 6 heteroatoms. The summed E-state index contributed by atoms with van der Waals surface area (Å²) >= 11 is 0. The van der Waals surface area contributed by atoms with Crippen LogP contribution in [0.4, 0.5) is 0 Å². The van der Waals surface area contributed by atoms with Crippen molar-refractivity contribution in [3.8, 4) is 17.2 Å². The zero-order chi connectivity index (χ0) is 17.8. The second kappa shape index (κ2) is 7.08. The van der Waals surface area contributed by atoms with Crippen LogP contribution < -0.4 is 13.9 Å². The van der Waals surface area contributed by atoms with Gasteiger partial charge < -0.3 is 19.0 Å². The van der Waals surface area contributed by atoms with Gasteiger partial charge in [0.1, 0.15) is 0 Å². The molecule has 0 fully saturated rings. The summed E-state index contributed by atoms with van der Waals surface area (Å²) in [5.74, 6) is 0.608. The predicted molar refractivity (Wildman–Crippen MR) is 94.0 cm³/mol. The van der Waals surface area contributed by atoms with Gasteiger partial charge in [-0.1, -0.05) is 20.8 Å². The lowest BCUT2D eigenvalue weighted by Gasteiger charge is -2.37. The van der Waals surface area contributed by atoms with Gasteiger partial charge in [0.15, 0.2) is 17.2 Å². The molecule has 128 valence electrons.